The number of aromatic amines is 1. The van der Waals surface area contributed by atoms with Crippen molar-refractivity contribution in [2.75, 3.05) is 0 Å². The Morgan fingerprint density at radius 2 is 1.72 bits per heavy atom. The van der Waals surface area contributed by atoms with Gasteiger partial charge in [0, 0.05) is 33.9 Å². The highest BCUT2D eigenvalue weighted by molar-refractivity contribution is 7.71. The van der Waals surface area contributed by atoms with E-state index in [1.54, 1.807) is 4.68 Å². The van der Waals surface area contributed by atoms with Crippen molar-refractivity contribution in [1.29, 1.82) is 0 Å². The smallest absolute Gasteiger partial charge is 0.216 e. The van der Waals surface area contributed by atoms with Crippen LogP contribution in [0.25, 0.3) is 33.2 Å². The van der Waals surface area contributed by atoms with E-state index in [9.17, 15) is 0 Å². The van der Waals surface area contributed by atoms with Crippen LogP contribution >= 0.6 is 12.2 Å². The van der Waals surface area contributed by atoms with Crippen LogP contribution in [0.5, 0.6) is 0 Å². The molecule has 0 fully saturated rings. The van der Waals surface area contributed by atoms with Crippen LogP contribution in [0.4, 0.5) is 0 Å². The Morgan fingerprint density at radius 1 is 0.966 bits per heavy atom. The van der Waals surface area contributed by atoms with Gasteiger partial charge in [0.25, 0.3) is 0 Å². The molecule has 0 aliphatic carbocycles. The molecule has 1 N–H and O–H groups in total. The third-order valence-corrected chi connectivity index (χ3v) is 5.38. The summed E-state index contributed by atoms with van der Waals surface area (Å²) in [7, 11) is 0. The predicted octanol–water partition coefficient (Wildman–Crippen LogP) is 5.62. The molecule has 0 radical (unpaired) electrons. The second kappa shape index (κ2) is 7.14. The first-order valence-corrected chi connectivity index (χ1v) is 9.95. The van der Waals surface area contributed by atoms with Gasteiger partial charge in [0.1, 0.15) is 0 Å². The fourth-order valence-electron chi connectivity index (χ4n) is 3.79. The van der Waals surface area contributed by atoms with E-state index in [-0.39, 0.29) is 0 Å². The Labute approximate surface area is 172 Å². The van der Waals surface area contributed by atoms with E-state index in [2.05, 4.69) is 69.3 Å². The topological polar surface area (TPSA) is 50.9 Å². The molecular formula is C23H19N5S. The van der Waals surface area contributed by atoms with E-state index in [1.807, 2.05) is 36.5 Å². The molecule has 0 unspecified atom stereocenters. The Hall–Kier alpha value is -3.51. The van der Waals surface area contributed by atoms with Gasteiger partial charge in [-0.15, -0.1) is 0 Å². The molecule has 5 nitrogen and oxygen atoms in total. The first-order valence-electron chi connectivity index (χ1n) is 9.54. The molecule has 0 aliphatic rings. The van der Waals surface area contributed by atoms with Crippen molar-refractivity contribution in [2.24, 2.45) is 5.10 Å². The zero-order chi connectivity index (χ0) is 19.8. The fourth-order valence-corrected chi connectivity index (χ4v) is 3.97. The summed E-state index contributed by atoms with van der Waals surface area (Å²) in [5.74, 6) is 0.690. The SMILES string of the molecule is CCn1c2ccccc2c2cc(/C=N/n3c(-c4ccccc4)n[nH]c3=S)ccc21. The lowest BCUT2D eigenvalue weighted by Crippen LogP contribution is -1.95. The lowest BCUT2D eigenvalue weighted by Gasteiger charge is -2.03. The van der Waals surface area contributed by atoms with Gasteiger partial charge in [0.2, 0.25) is 4.77 Å². The van der Waals surface area contributed by atoms with Crippen LogP contribution in [-0.2, 0) is 6.54 Å². The van der Waals surface area contributed by atoms with Gasteiger partial charge in [-0.3, -0.25) is 0 Å². The van der Waals surface area contributed by atoms with Crippen molar-refractivity contribution in [3.8, 4) is 11.4 Å². The zero-order valence-electron chi connectivity index (χ0n) is 15.9. The van der Waals surface area contributed by atoms with Crippen LogP contribution in [0.3, 0.4) is 0 Å². The van der Waals surface area contributed by atoms with Crippen LogP contribution in [0.15, 0.2) is 77.9 Å². The highest BCUT2D eigenvalue weighted by Gasteiger charge is 2.10. The number of hydrogen-bond acceptors (Lipinski definition) is 3. The number of fused-ring (bicyclic) bond motifs is 3. The number of para-hydroxylation sites is 1. The minimum absolute atomic E-state index is 0.462. The largest absolute Gasteiger partial charge is 0.341 e. The van der Waals surface area contributed by atoms with E-state index in [0.29, 0.717) is 10.6 Å². The summed E-state index contributed by atoms with van der Waals surface area (Å²) >= 11 is 5.38. The molecular weight excluding hydrogens is 378 g/mol. The van der Waals surface area contributed by atoms with Gasteiger partial charge in [-0.05, 0) is 42.9 Å². The quantitative estimate of drug-likeness (QED) is 0.316. The average molecular weight is 398 g/mol. The first-order chi connectivity index (χ1) is 14.3. The summed E-state index contributed by atoms with van der Waals surface area (Å²) in [6, 6.07) is 24.8. The summed E-state index contributed by atoms with van der Waals surface area (Å²) in [6.45, 7) is 3.11. The first kappa shape index (κ1) is 17.6. The third-order valence-electron chi connectivity index (χ3n) is 5.12. The normalized spacial score (nSPS) is 11.8. The molecule has 3 aromatic carbocycles. The van der Waals surface area contributed by atoms with Gasteiger partial charge in [-0.2, -0.15) is 14.9 Å². The summed E-state index contributed by atoms with van der Waals surface area (Å²) < 4.78 is 4.46. The number of nitrogens with one attached hydrogen (secondary N) is 1. The number of H-pyrrole nitrogens is 1. The zero-order valence-corrected chi connectivity index (χ0v) is 16.7. The minimum Gasteiger partial charge on any atom is -0.341 e. The van der Waals surface area contributed by atoms with Crippen molar-refractivity contribution in [3.63, 3.8) is 0 Å². The van der Waals surface area contributed by atoms with Gasteiger partial charge < -0.3 is 4.57 Å². The van der Waals surface area contributed by atoms with E-state index >= 15 is 0 Å². The van der Waals surface area contributed by atoms with Gasteiger partial charge in [0.05, 0.1) is 6.21 Å². The molecule has 0 aliphatic heterocycles. The molecule has 6 heteroatoms. The highest BCUT2D eigenvalue weighted by Crippen LogP contribution is 2.29. The maximum Gasteiger partial charge on any atom is 0.216 e. The number of benzene rings is 3. The van der Waals surface area contributed by atoms with Crippen molar-refractivity contribution in [2.45, 2.75) is 13.5 Å². The molecule has 0 amide bonds. The van der Waals surface area contributed by atoms with E-state index < -0.39 is 0 Å². The number of aromatic nitrogens is 4. The lowest BCUT2D eigenvalue weighted by atomic mass is 10.1. The maximum absolute atomic E-state index is 5.38. The van der Waals surface area contributed by atoms with Gasteiger partial charge >= 0.3 is 0 Å². The third kappa shape index (κ3) is 2.98. The van der Waals surface area contributed by atoms with Gasteiger partial charge in [-0.25, -0.2) is 5.10 Å². The van der Waals surface area contributed by atoms with Crippen molar-refractivity contribution in [3.05, 3.63) is 83.1 Å². The Bertz CT molecular complexity index is 1410. The Morgan fingerprint density at radius 3 is 2.55 bits per heavy atom. The van der Waals surface area contributed by atoms with E-state index in [1.165, 1.54) is 21.8 Å². The molecule has 2 heterocycles. The van der Waals surface area contributed by atoms with Crippen molar-refractivity contribution < 1.29 is 0 Å². The molecule has 0 saturated heterocycles. The monoisotopic (exact) mass is 397 g/mol. The maximum atomic E-state index is 5.38. The molecule has 29 heavy (non-hydrogen) atoms. The van der Waals surface area contributed by atoms with Gasteiger partial charge in [0.15, 0.2) is 5.82 Å². The number of nitrogens with zero attached hydrogens (tertiary/aromatic N) is 4. The Balaban J connectivity index is 1.60. The fraction of sp³-hybridized carbons (Fsp3) is 0.0870. The molecule has 0 atom stereocenters. The average Bonchev–Trinajstić information content (AvgIpc) is 3.30. The minimum atomic E-state index is 0.462. The standard InChI is InChI=1S/C23H19N5S/c1-2-27-20-11-7-6-10-18(20)19-14-16(12-13-21(19)27)15-24-28-22(25-26-23(28)29)17-8-4-3-5-9-17/h3-15H,2H2,1H3,(H,26,29)/b24-15+. The highest BCUT2D eigenvalue weighted by atomic mass is 32.1. The molecule has 2 aromatic heterocycles. The second-order valence-corrected chi connectivity index (χ2v) is 7.20. The molecule has 0 saturated carbocycles. The van der Waals surface area contributed by atoms with Crippen LogP contribution in [-0.4, -0.2) is 25.7 Å². The van der Waals surface area contributed by atoms with Crippen LogP contribution in [0, 0.1) is 4.77 Å². The number of rotatable bonds is 4. The number of aryl methyl sites for hydroxylation is 1. The molecule has 142 valence electrons. The number of hydrogen-bond donors (Lipinski definition) is 1. The van der Waals surface area contributed by atoms with Crippen LogP contribution in [0.1, 0.15) is 12.5 Å². The summed E-state index contributed by atoms with van der Waals surface area (Å²) in [5.41, 5.74) is 4.45. The summed E-state index contributed by atoms with van der Waals surface area (Å²) in [4.78, 5) is 0. The van der Waals surface area contributed by atoms with Crippen molar-refractivity contribution in [1.82, 2.24) is 19.4 Å². The summed E-state index contributed by atoms with van der Waals surface area (Å²) in [6.07, 6.45) is 1.83. The molecule has 5 rings (SSSR count). The van der Waals surface area contributed by atoms with E-state index in [4.69, 9.17) is 12.2 Å². The van der Waals surface area contributed by atoms with Crippen LogP contribution in [0.2, 0.25) is 0 Å². The second-order valence-electron chi connectivity index (χ2n) is 6.81. The Kier molecular flexibility index (Phi) is 4.33. The van der Waals surface area contributed by atoms with Gasteiger partial charge in [-0.1, -0.05) is 54.6 Å². The molecule has 0 bridgehead atoms. The molecule has 0 spiro atoms. The molecule has 5 aromatic rings. The predicted molar refractivity (Wildman–Crippen MR) is 121 cm³/mol. The van der Waals surface area contributed by atoms with E-state index in [0.717, 1.165) is 17.7 Å². The lowest BCUT2D eigenvalue weighted by molar-refractivity contribution is 0.827. The van der Waals surface area contributed by atoms with Crippen molar-refractivity contribution >= 4 is 40.2 Å². The van der Waals surface area contributed by atoms with Crippen LogP contribution < -0.4 is 0 Å². The summed E-state index contributed by atoms with van der Waals surface area (Å²) in [5, 5.41) is 14.3.